The minimum absolute atomic E-state index is 0.155. The lowest BCUT2D eigenvalue weighted by Crippen LogP contribution is -2.21. The number of carbonyl (C=O) groups is 1. The summed E-state index contributed by atoms with van der Waals surface area (Å²) in [6, 6.07) is 14.3. The third kappa shape index (κ3) is 5.46. The van der Waals surface area contributed by atoms with Crippen LogP contribution in [0.5, 0.6) is 5.75 Å². The number of halogens is 3. The Bertz CT molecular complexity index is 1110. The third-order valence-corrected chi connectivity index (χ3v) is 7.68. The van der Waals surface area contributed by atoms with Gasteiger partial charge in [0.2, 0.25) is 0 Å². The van der Waals surface area contributed by atoms with Crippen molar-refractivity contribution in [3.8, 4) is 16.2 Å². The Labute approximate surface area is 201 Å². The van der Waals surface area contributed by atoms with Crippen LogP contribution < -0.4 is 4.74 Å². The monoisotopic (exact) mass is 488 g/mol. The predicted molar refractivity (Wildman–Crippen MR) is 127 cm³/mol. The SMILES string of the molecule is COC(=O)c1ccc(OC(c2sc(-c3ccc(C(F)(F)F)cc3)cc2C)C2CCCCC2)cc1. The van der Waals surface area contributed by atoms with Crippen molar-refractivity contribution >= 4 is 17.3 Å². The maximum absolute atomic E-state index is 13.0. The van der Waals surface area contributed by atoms with Crippen LogP contribution in [0.3, 0.4) is 0 Å². The maximum Gasteiger partial charge on any atom is 0.416 e. The van der Waals surface area contributed by atoms with E-state index in [2.05, 4.69) is 0 Å². The van der Waals surface area contributed by atoms with Gasteiger partial charge in [0.05, 0.1) is 18.2 Å². The van der Waals surface area contributed by atoms with E-state index in [1.165, 1.54) is 25.7 Å². The summed E-state index contributed by atoms with van der Waals surface area (Å²) in [5.41, 5.74) is 1.64. The van der Waals surface area contributed by atoms with Crippen molar-refractivity contribution in [2.45, 2.75) is 51.3 Å². The number of aryl methyl sites for hydroxylation is 1. The van der Waals surface area contributed by atoms with Gasteiger partial charge in [-0.3, -0.25) is 0 Å². The van der Waals surface area contributed by atoms with E-state index >= 15 is 0 Å². The zero-order chi connectivity index (χ0) is 24.3. The number of esters is 1. The fourth-order valence-electron chi connectivity index (χ4n) is 4.48. The Balaban J connectivity index is 1.63. The van der Waals surface area contributed by atoms with Gasteiger partial charge in [-0.25, -0.2) is 4.79 Å². The predicted octanol–water partition coefficient (Wildman–Crippen LogP) is 8.23. The van der Waals surface area contributed by atoms with Gasteiger partial charge in [0.1, 0.15) is 11.9 Å². The van der Waals surface area contributed by atoms with E-state index in [0.717, 1.165) is 58.7 Å². The summed E-state index contributed by atoms with van der Waals surface area (Å²) in [6.45, 7) is 2.03. The van der Waals surface area contributed by atoms with Gasteiger partial charge in [0.15, 0.2) is 0 Å². The molecule has 1 heterocycles. The molecule has 1 fully saturated rings. The highest BCUT2D eigenvalue weighted by molar-refractivity contribution is 7.15. The highest BCUT2D eigenvalue weighted by atomic mass is 32.1. The summed E-state index contributed by atoms with van der Waals surface area (Å²) < 4.78 is 50.2. The highest BCUT2D eigenvalue weighted by Gasteiger charge is 2.31. The Hall–Kier alpha value is -2.80. The highest BCUT2D eigenvalue weighted by Crippen LogP contribution is 2.44. The van der Waals surface area contributed by atoms with E-state index in [4.69, 9.17) is 9.47 Å². The molecule has 0 N–H and O–H groups in total. The smallest absolute Gasteiger partial charge is 0.416 e. The molecule has 1 aliphatic carbocycles. The molecule has 0 spiro atoms. The first-order valence-corrected chi connectivity index (χ1v) is 12.2. The van der Waals surface area contributed by atoms with Gasteiger partial charge in [-0.05, 0) is 73.4 Å². The van der Waals surface area contributed by atoms with Gasteiger partial charge in [0, 0.05) is 15.7 Å². The Morgan fingerprint density at radius 1 is 1.00 bits per heavy atom. The van der Waals surface area contributed by atoms with E-state index in [1.54, 1.807) is 35.6 Å². The van der Waals surface area contributed by atoms with Crippen molar-refractivity contribution < 1.29 is 27.4 Å². The zero-order valence-electron chi connectivity index (χ0n) is 19.2. The van der Waals surface area contributed by atoms with Crippen molar-refractivity contribution in [3.05, 3.63) is 76.2 Å². The number of hydrogen-bond donors (Lipinski definition) is 0. The average molecular weight is 489 g/mol. The van der Waals surface area contributed by atoms with Crippen LogP contribution in [0.25, 0.3) is 10.4 Å². The molecule has 1 saturated carbocycles. The standard InChI is InChI=1S/C27H27F3O3S/c1-17-16-23(18-8-12-21(13-9-18)27(28,29)30)34-25(17)24(19-6-4-3-5-7-19)33-22-14-10-20(11-15-22)26(31)32-2/h8-16,19,24H,3-7H2,1-2H3. The van der Waals surface area contributed by atoms with E-state index in [1.807, 2.05) is 13.0 Å². The number of carbonyl (C=O) groups excluding carboxylic acids is 1. The van der Waals surface area contributed by atoms with Gasteiger partial charge < -0.3 is 9.47 Å². The van der Waals surface area contributed by atoms with Gasteiger partial charge in [-0.1, -0.05) is 31.4 Å². The molecule has 0 amide bonds. The maximum atomic E-state index is 13.0. The number of ether oxygens (including phenoxy) is 2. The van der Waals surface area contributed by atoms with Gasteiger partial charge in [-0.15, -0.1) is 11.3 Å². The molecule has 1 aliphatic rings. The van der Waals surface area contributed by atoms with Crippen LogP contribution in [0, 0.1) is 12.8 Å². The molecular formula is C27H27F3O3S. The van der Waals surface area contributed by atoms with E-state index < -0.39 is 17.7 Å². The third-order valence-electron chi connectivity index (χ3n) is 6.33. The lowest BCUT2D eigenvalue weighted by molar-refractivity contribution is -0.137. The fourth-order valence-corrected chi connectivity index (χ4v) is 5.78. The Morgan fingerprint density at radius 2 is 1.65 bits per heavy atom. The molecule has 2 aromatic carbocycles. The molecule has 7 heteroatoms. The van der Waals surface area contributed by atoms with Crippen molar-refractivity contribution in [3.63, 3.8) is 0 Å². The number of methoxy groups -OCH3 is 1. The second-order valence-electron chi connectivity index (χ2n) is 8.69. The molecule has 1 atom stereocenters. The first kappa shape index (κ1) is 24.3. The van der Waals surface area contributed by atoms with Crippen LogP contribution in [-0.2, 0) is 10.9 Å². The molecule has 3 nitrogen and oxygen atoms in total. The summed E-state index contributed by atoms with van der Waals surface area (Å²) >= 11 is 1.58. The van der Waals surface area contributed by atoms with Crippen molar-refractivity contribution in [2.24, 2.45) is 5.92 Å². The molecule has 1 aromatic heterocycles. The largest absolute Gasteiger partial charge is 0.485 e. The first-order valence-electron chi connectivity index (χ1n) is 11.4. The minimum Gasteiger partial charge on any atom is -0.485 e. The summed E-state index contributed by atoms with van der Waals surface area (Å²) in [5.74, 6) is 0.629. The molecule has 3 aromatic rings. The second kappa shape index (κ2) is 10.2. The molecule has 4 rings (SSSR count). The van der Waals surface area contributed by atoms with E-state index in [0.29, 0.717) is 17.2 Å². The topological polar surface area (TPSA) is 35.5 Å². The molecule has 0 radical (unpaired) electrons. The molecule has 0 aliphatic heterocycles. The lowest BCUT2D eigenvalue weighted by Gasteiger charge is -2.30. The van der Waals surface area contributed by atoms with Crippen LogP contribution >= 0.6 is 11.3 Å². The second-order valence-corrected chi connectivity index (χ2v) is 9.77. The molecule has 180 valence electrons. The molecule has 0 saturated heterocycles. The molecule has 34 heavy (non-hydrogen) atoms. The summed E-state index contributed by atoms with van der Waals surface area (Å²) in [4.78, 5) is 13.8. The number of alkyl halides is 3. The molecule has 0 bridgehead atoms. The van der Waals surface area contributed by atoms with Gasteiger partial charge in [0.25, 0.3) is 0 Å². The fraction of sp³-hybridized carbons (Fsp3) is 0.370. The minimum atomic E-state index is -4.35. The zero-order valence-corrected chi connectivity index (χ0v) is 20.0. The van der Waals surface area contributed by atoms with Crippen LogP contribution in [0.1, 0.15) is 64.6 Å². The van der Waals surface area contributed by atoms with E-state index in [9.17, 15) is 18.0 Å². The van der Waals surface area contributed by atoms with Crippen LogP contribution in [0.15, 0.2) is 54.6 Å². The van der Waals surface area contributed by atoms with Crippen molar-refractivity contribution in [1.82, 2.24) is 0 Å². The average Bonchev–Trinajstić information content (AvgIpc) is 3.23. The first-order chi connectivity index (χ1) is 16.3. The summed E-state index contributed by atoms with van der Waals surface area (Å²) in [5, 5.41) is 0. The summed E-state index contributed by atoms with van der Waals surface area (Å²) in [7, 11) is 1.35. The number of benzene rings is 2. The molecule has 1 unspecified atom stereocenters. The number of hydrogen-bond acceptors (Lipinski definition) is 4. The Morgan fingerprint density at radius 3 is 2.24 bits per heavy atom. The quantitative estimate of drug-likeness (QED) is 0.328. The van der Waals surface area contributed by atoms with Crippen molar-refractivity contribution in [2.75, 3.05) is 7.11 Å². The molecular weight excluding hydrogens is 461 g/mol. The number of rotatable bonds is 6. The van der Waals surface area contributed by atoms with E-state index in [-0.39, 0.29) is 6.10 Å². The summed E-state index contributed by atoms with van der Waals surface area (Å²) in [6.07, 6.45) is 1.16. The van der Waals surface area contributed by atoms with Crippen LogP contribution in [-0.4, -0.2) is 13.1 Å². The Kier molecular flexibility index (Phi) is 7.31. The normalized spacial score (nSPS) is 15.7. The van der Waals surface area contributed by atoms with Crippen molar-refractivity contribution in [1.29, 1.82) is 0 Å². The lowest BCUT2D eigenvalue weighted by atomic mass is 9.84. The van der Waals surface area contributed by atoms with Crippen LogP contribution in [0.4, 0.5) is 13.2 Å². The van der Waals surface area contributed by atoms with Crippen LogP contribution in [0.2, 0.25) is 0 Å². The van der Waals surface area contributed by atoms with Gasteiger partial charge >= 0.3 is 12.1 Å². The van der Waals surface area contributed by atoms with Gasteiger partial charge in [-0.2, -0.15) is 13.2 Å². The number of thiophene rings is 1.